The molecule has 6 nitrogen and oxygen atoms in total. The Morgan fingerprint density at radius 1 is 1.04 bits per heavy atom. The van der Waals surface area contributed by atoms with Crippen LogP contribution in [-0.4, -0.2) is 56.7 Å². The summed E-state index contributed by atoms with van der Waals surface area (Å²) in [7, 11) is 0. The molecule has 9 heteroatoms. The van der Waals surface area contributed by atoms with Crippen molar-refractivity contribution in [2.45, 2.75) is 44.8 Å². The van der Waals surface area contributed by atoms with Crippen molar-refractivity contribution in [3.63, 3.8) is 0 Å². The first-order valence-corrected chi connectivity index (χ1v) is 9.69. The van der Waals surface area contributed by atoms with E-state index in [1.807, 2.05) is 0 Å². The third kappa shape index (κ3) is 2.96. The van der Waals surface area contributed by atoms with Crippen LogP contribution in [0, 0.1) is 18.8 Å². The van der Waals surface area contributed by atoms with Gasteiger partial charge in [0.2, 0.25) is 0 Å². The Hall–Kier alpha value is -1.90. The molecular formula is C18H23F3N6. The molecule has 2 bridgehead atoms. The van der Waals surface area contributed by atoms with Crippen LogP contribution in [0.25, 0.3) is 5.78 Å². The Morgan fingerprint density at radius 3 is 2.44 bits per heavy atom. The van der Waals surface area contributed by atoms with Crippen LogP contribution >= 0.6 is 0 Å². The van der Waals surface area contributed by atoms with Gasteiger partial charge >= 0.3 is 6.18 Å². The quantitative estimate of drug-likeness (QED) is 0.802. The van der Waals surface area contributed by atoms with Gasteiger partial charge in [0.25, 0.3) is 11.6 Å². The molecule has 27 heavy (non-hydrogen) atoms. The molecule has 3 aliphatic rings. The standard InChI is InChI=1S/C18H23F3N6/c1-11-8-15(27-17(22-11)23-16(24-27)18(19,20)21)26-6-4-25(5-7-26)14-10-12-2-3-13(14)9-12/h8,12-14H,2-7,9-10H2,1H3. The Bertz CT molecular complexity index is 855. The average Bonchev–Trinajstić information content (AvgIpc) is 3.35. The maximum atomic E-state index is 13.0. The van der Waals surface area contributed by atoms with E-state index in [4.69, 9.17) is 0 Å². The molecule has 3 atom stereocenters. The van der Waals surface area contributed by atoms with Gasteiger partial charge in [-0.15, -0.1) is 5.10 Å². The summed E-state index contributed by atoms with van der Waals surface area (Å²) in [4.78, 5) is 12.4. The van der Waals surface area contributed by atoms with Crippen molar-refractivity contribution in [3.05, 3.63) is 17.6 Å². The lowest BCUT2D eigenvalue weighted by Gasteiger charge is -2.41. The molecule has 1 saturated heterocycles. The summed E-state index contributed by atoms with van der Waals surface area (Å²) in [5, 5.41) is 3.69. The summed E-state index contributed by atoms with van der Waals surface area (Å²) < 4.78 is 40.3. The van der Waals surface area contributed by atoms with Gasteiger partial charge in [0.15, 0.2) is 0 Å². The Morgan fingerprint density at radius 2 is 1.81 bits per heavy atom. The lowest BCUT2D eigenvalue weighted by atomic mass is 9.93. The van der Waals surface area contributed by atoms with Crippen molar-refractivity contribution < 1.29 is 13.2 Å². The molecule has 0 N–H and O–H groups in total. The maximum absolute atomic E-state index is 13.0. The van der Waals surface area contributed by atoms with E-state index in [1.54, 1.807) is 13.0 Å². The van der Waals surface area contributed by atoms with E-state index >= 15 is 0 Å². The molecule has 3 heterocycles. The van der Waals surface area contributed by atoms with Crippen LogP contribution in [0.2, 0.25) is 0 Å². The number of hydrogen-bond acceptors (Lipinski definition) is 5. The summed E-state index contributed by atoms with van der Waals surface area (Å²) >= 11 is 0. The lowest BCUT2D eigenvalue weighted by molar-refractivity contribution is -0.144. The van der Waals surface area contributed by atoms with Gasteiger partial charge in [-0.25, -0.2) is 4.98 Å². The average molecular weight is 380 g/mol. The number of hydrogen-bond donors (Lipinski definition) is 0. The molecule has 0 amide bonds. The van der Waals surface area contributed by atoms with Crippen LogP contribution in [0.4, 0.5) is 19.0 Å². The highest BCUT2D eigenvalue weighted by Crippen LogP contribution is 2.46. The topological polar surface area (TPSA) is 49.6 Å². The number of alkyl halides is 3. The molecule has 3 fully saturated rings. The van der Waals surface area contributed by atoms with E-state index < -0.39 is 12.0 Å². The van der Waals surface area contributed by atoms with Crippen molar-refractivity contribution in [2.24, 2.45) is 11.8 Å². The largest absolute Gasteiger partial charge is 0.453 e. The highest BCUT2D eigenvalue weighted by atomic mass is 19.4. The Balaban J connectivity index is 1.37. The number of aromatic nitrogens is 4. The monoisotopic (exact) mass is 380 g/mol. The number of rotatable bonds is 2. The first-order valence-electron chi connectivity index (χ1n) is 9.69. The molecule has 0 radical (unpaired) electrons. The summed E-state index contributed by atoms with van der Waals surface area (Å²) in [5.41, 5.74) is 0.647. The highest BCUT2D eigenvalue weighted by molar-refractivity contribution is 5.48. The third-order valence-corrected chi connectivity index (χ3v) is 6.48. The highest BCUT2D eigenvalue weighted by Gasteiger charge is 2.43. The van der Waals surface area contributed by atoms with Gasteiger partial charge in [-0.05, 0) is 38.0 Å². The fourth-order valence-electron chi connectivity index (χ4n) is 5.25. The van der Waals surface area contributed by atoms with Crippen molar-refractivity contribution in [3.8, 4) is 0 Å². The number of halogens is 3. The van der Waals surface area contributed by atoms with Crippen LogP contribution < -0.4 is 4.90 Å². The van der Waals surface area contributed by atoms with Crippen LogP contribution in [0.5, 0.6) is 0 Å². The van der Waals surface area contributed by atoms with Crippen molar-refractivity contribution in [1.29, 1.82) is 0 Å². The Kier molecular flexibility index (Phi) is 3.86. The van der Waals surface area contributed by atoms with Crippen molar-refractivity contribution in [1.82, 2.24) is 24.5 Å². The number of anilines is 1. The minimum atomic E-state index is -4.57. The van der Waals surface area contributed by atoms with Gasteiger partial charge in [0, 0.05) is 44.0 Å². The number of piperazine rings is 1. The predicted molar refractivity (Wildman–Crippen MR) is 93.5 cm³/mol. The molecule has 2 saturated carbocycles. The van der Waals surface area contributed by atoms with Crippen molar-refractivity contribution >= 4 is 11.6 Å². The second-order valence-electron chi connectivity index (χ2n) is 8.17. The SMILES string of the molecule is Cc1cc(N2CCN(C3CC4CCC3C4)CC2)n2nc(C(F)(F)F)nc2n1. The minimum absolute atomic E-state index is 0.00728. The second kappa shape index (κ2) is 6.05. The van der Waals surface area contributed by atoms with E-state index in [1.165, 1.54) is 30.2 Å². The maximum Gasteiger partial charge on any atom is 0.453 e. The predicted octanol–water partition coefficient (Wildman–Crippen LogP) is 2.76. The molecule has 1 aliphatic heterocycles. The first kappa shape index (κ1) is 17.2. The van der Waals surface area contributed by atoms with Crippen molar-refractivity contribution in [2.75, 3.05) is 31.1 Å². The fourth-order valence-corrected chi connectivity index (χ4v) is 5.25. The number of fused-ring (bicyclic) bond motifs is 3. The van der Waals surface area contributed by atoms with E-state index in [2.05, 4.69) is 24.9 Å². The molecule has 2 aliphatic carbocycles. The number of nitrogens with zero attached hydrogens (tertiary/aromatic N) is 6. The minimum Gasteiger partial charge on any atom is -0.354 e. The lowest BCUT2D eigenvalue weighted by Crippen LogP contribution is -2.52. The van der Waals surface area contributed by atoms with Gasteiger partial charge in [-0.1, -0.05) is 6.42 Å². The Labute approximate surface area is 155 Å². The zero-order valence-electron chi connectivity index (χ0n) is 15.3. The summed E-state index contributed by atoms with van der Waals surface area (Å²) in [6, 6.07) is 2.50. The van der Waals surface area contributed by atoms with Gasteiger partial charge in [0.1, 0.15) is 5.82 Å². The smallest absolute Gasteiger partial charge is 0.354 e. The molecular weight excluding hydrogens is 357 g/mol. The fraction of sp³-hybridized carbons (Fsp3) is 0.722. The summed E-state index contributed by atoms with van der Waals surface area (Å²) in [6.07, 6.45) is 0.886. The van der Waals surface area contributed by atoms with E-state index in [0.29, 0.717) is 17.6 Å². The van der Waals surface area contributed by atoms with Gasteiger partial charge in [-0.2, -0.15) is 22.7 Å². The molecule has 5 rings (SSSR count). The van der Waals surface area contributed by atoms with Gasteiger partial charge < -0.3 is 4.90 Å². The molecule has 0 spiro atoms. The van der Waals surface area contributed by atoms with E-state index in [0.717, 1.165) is 38.0 Å². The van der Waals surface area contributed by atoms with Crippen LogP contribution in [0.1, 0.15) is 37.2 Å². The number of aryl methyl sites for hydroxylation is 1. The second-order valence-corrected chi connectivity index (χ2v) is 8.17. The molecule has 0 aromatic carbocycles. The van der Waals surface area contributed by atoms with E-state index in [9.17, 15) is 13.2 Å². The molecule has 2 aromatic rings. The van der Waals surface area contributed by atoms with E-state index in [-0.39, 0.29) is 5.78 Å². The molecule has 2 aromatic heterocycles. The van der Waals surface area contributed by atoms with Crippen LogP contribution in [-0.2, 0) is 6.18 Å². The third-order valence-electron chi connectivity index (χ3n) is 6.48. The normalized spacial score (nSPS) is 29.2. The van der Waals surface area contributed by atoms with Crippen LogP contribution in [0.15, 0.2) is 6.07 Å². The molecule has 146 valence electrons. The zero-order chi connectivity index (χ0) is 18.8. The summed E-state index contributed by atoms with van der Waals surface area (Å²) in [6.45, 7) is 5.23. The van der Waals surface area contributed by atoms with Crippen LogP contribution in [0.3, 0.4) is 0 Å². The van der Waals surface area contributed by atoms with Gasteiger partial charge in [-0.3, -0.25) is 4.90 Å². The zero-order valence-corrected chi connectivity index (χ0v) is 15.3. The molecule has 3 unspecified atom stereocenters. The summed E-state index contributed by atoms with van der Waals surface area (Å²) in [5.74, 6) is 1.28. The van der Waals surface area contributed by atoms with Gasteiger partial charge in [0.05, 0.1) is 0 Å². The first-order chi connectivity index (χ1) is 12.9.